The lowest BCUT2D eigenvalue weighted by Crippen LogP contribution is -2.29. The van der Waals surface area contributed by atoms with Crippen LogP contribution in [0.2, 0.25) is 5.02 Å². The van der Waals surface area contributed by atoms with Crippen molar-refractivity contribution in [3.63, 3.8) is 0 Å². The van der Waals surface area contributed by atoms with Crippen molar-refractivity contribution in [3.8, 4) is 11.1 Å². The number of anilines is 2. The second-order valence-corrected chi connectivity index (χ2v) is 6.41. The highest BCUT2D eigenvalue weighted by atomic mass is 35.5. The summed E-state index contributed by atoms with van der Waals surface area (Å²) in [7, 11) is 1.34. The van der Waals surface area contributed by atoms with Crippen LogP contribution < -0.4 is 10.6 Å². The van der Waals surface area contributed by atoms with Crippen LogP contribution in [0.25, 0.3) is 11.1 Å². The van der Waals surface area contributed by atoms with E-state index in [9.17, 15) is 4.79 Å². The average molecular weight is 345 g/mol. The monoisotopic (exact) mass is 344 g/mol. The maximum Gasteiger partial charge on any atom is 0.339 e. The summed E-state index contributed by atoms with van der Waals surface area (Å²) in [6.45, 7) is 2.21. The zero-order valence-electron chi connectivity index (χ0n) is 13.7. The lowest BCUT2D eigenvalue weighted by atomic mass is 10.0. The Bertz CT molecular complexity index is 738. The SMILES string of the molecule is COC(=O)c1cc(-c2ccc(N3CCCCC3)cc2)c(Cl)cc1N. The normalized spacial score (nSPS) is 14.5. The molecule has 0 bridgehead atoms. The smallest absolute Gasteiger partial charge is 0.339 e. The molecule has 1 saturated heterocycles. The fraction of sp³-hybridized carbons (Fsp3) is 0.316. The van der Waals surface area contributed by atoms with Crippen molar-refractivity contribution in [3.05, 3.63) is 47.0 Å². The van der Waals surface area contributed by atoms with Gasteiger partial charge < -0.3 is 15.4 Å². The number of rotatable bonds is 3. The molecule has 5 heteroatoms. The number of nitrogen functional groups attached to an aromatic ring is 1. The highest BCUT2D eigenvalue weighted by molar-refractivity contribution is 6.34. The molecule has 24 heavy (non-hydrogen) atoms. The van der Waals surface area contributed by atoms with Crippen LogP contribution in [-0.2, 0) is 4.74 Å². The largest absolute Gasteiger partial charge is 0.465 e. The van der Waals surface area contributed by atoms with Crippen molar-refractivity contribution in [2.45, 2.75) is 19.3 Å². The van der Waals surface area contributed by atoms with Crippen molar-refractivity contribution in [2.75, 3.05) is 30.8 Å². The summed E-state index contributed by atoms with van der Waals surface area (Å²) in [5.41, 5.74) is 9.47. The van der Waals surface area contributed by atoms with Gasteiger partial charge >= 0.3 is 5.97 Å². The Morgan fingerprint density at radius 2 is 1.79 bits per heavy atom. The summed E-state index contributed by atoms with van der Waals surface area (Å²) in [4.78, 5) is 14.2. The summed E-state index contributed by atoms with van der Waals surface area (Å²) in [6, 6.07) is 11.6. The minimum absolute atomic E-state index is 0.320. The minimum Gasteiger partial charge on any atom is -0.465 e. The molecule has 0 aliphatic carbocycles. The summed E-state index contributed by atoms with van der Waals surface area (Å²) < 4.78 is 4.78. The second-order valence-electron chi connectivity index (χ2n) is 6.01. The van der Waals surface area contributed by atoms with Gasteiger partial charge in [-0.2, -0.15) is 0 Å². The number of methoxy groups -OCH3 is 1. The van der Waals surface area contributed by atoms with Gasteiger partial charge in [-0.15, -0.1) is 0 Å². The van der Waals surface area contributed by atoms with Crippen molar-refractivity contribution >= 4 is 28.9 Å². The zero-order valence-corrected chi connectivity index (χ0v) is 14.5. The molecule has 126 valence electrons. The molecule has 0 spiro atoms. The van der Waals surface area contributed by atoms with Crippen LogP contribution in [0.15, 0.2) is 36.4 Å². The van der Waals surface area contributed by atoms with Crippen LogP contribution in [0.1, 0.15) is 29.6 Å². The maximum absolute atomic E-state index is 11.8. The van der Waals surface area contributed by atoms with E-state index in [1.807, 2.05) is 12.1 Å². The van der Waals surface area contributed by atoms with Gasteiger partial charge in [0.1, 0.15) is 0 Å². The van der Waals surface area contributed by atoms with Crippen molar-refractivity contribution in [1.82, 2.24) is 0 Å². The molecule has 0 radical (unpaired) electrons. The van der Waals surface area contributed by atoms with Gasteiger partial charge in [0.15, 0.2) is 0 Å². The van der Waals surface area contributed by atoms with Gasteiger partial charge in [0.2, 0.25) is 0 Å². The lowest BCUT2D eigenvalue weighted by molar-refractivity contribution is 0.0602. The van der Waals surface area contributed by atoms with Gasteiger partial charge in [0.05, 0.1) is 17.7 Å². The summed E-state index contributed by atoms with van der Waals surface area (Å²) >= 11 is 6.33. The Balaban J connectivity index is 1.92. The molecular formula is C19H21ClN2O2. The topological polar surface area (TPSA) is 55.6 Å². The second kappa shape index (κ2) is 7.14. The van der Waals surface area contributed by atoms with E-state index < -0.39 is 5.97 Å². The number of halogens is 1. The Morgan fingerprint density at radius 3 is 2.42 bits per heavy atom. The number of hydrogen-bond acceptors (Lipinski definition) is 4. The Hall–Kier alpha value is -2.20. The molecule has 0 saturated carbocycles. The van der Waals surface area contributed by atoms with Crippen molar-refractivity contribution < 1.29 is 9.53 Å². The van der Waals surface area contributed by atoms with E-state index in [1.165, 1.54) is 32.1 Å². The molecule has 1 fully saturated rings. The molecule has 3 rings (SSSR count). The fourth-order valence-corrected chi connectivity index (χ4v) is 3.38. The summed E-state index contributed by atoms with van der Waals surface area (Å²) in [6.07, 6.45) is 3.80. The van der Waals surface area contributed by atoms with E-state index in [-0.39, 0.29) is 0 Å². The molecule has 0 amide bonds. The molecule has 0 aromatic heterocycles. The predicted molar refractivity (Wildman–Crippen MR) is 98.7 cm³/mol. The van der Waals surface area contributed by atoms with Crippen LogP contribution in [0.5, 0.6) is 0 Å². The quantitative estimate of drug-likeness (QED) is 0.663. The summed E-state index contributed by atoms with van der Waals surface area (Å²) in [5, 5.41) is 0.519. The third-order valence-corrected chi connectivity index (χ3v) is 4.76. The van der Waals surface area contributed by atoms with Gasteiger partial charge in [0, 0.05) is 30.0 Å². The average Bonchev–Trinajstić information content (AvgIpc) is 2.62. The number of nitrogens with two attached hydrogens (primary N) is 1. The predicted octanol–water partition coefficient (Wildman–Crippen LogP) is 4.37. The Kier molecular flexibility index (Phi) is 4.95. The third kappa shape index (κ3) is 3.34. The minimum atomic E-state index is -0.463. The van der Waals surface area contributed by atoms with Crippen molar-refractivity contribution in [2.24, 2.45) is 0 Å². The van der Waals surface area contributed by atoms with E-state index in [0.717, 1.165) is 24.2 Å². The number of nitrogens with zero attached hydrogens (tertiary/aromatic N) is 1. The van der Waals surface area contributed by atoms with E-state index in [1.54, 1.807) is 12.1 Å². The standard InChI is InChI=1S/C19H21ClN2O2/c1-24-19(23)16-11-15(17(20)12-18(16)21)13-5-7-14(8-6-13)22-9-3-2-4-10-22/h5-8,11-12H,2-4,9-10,21H2,1H3. The maximum atomic E-state index is 11.8. The lowest BCUT2D eigenvalue weighted by Gasteiger charge is -2.28. The van der Waals surface area contributed by atoms with Crippen LogP contribution in [-0.4, -0.2) is 26.2 Å². The van der Waals surface area contributed by atoms with E-state index in [2.05, 4.69) is 17.0 Å². The first-order valence-corrected chi connectivity index (χ1v) is 8.50. The molecule has 1 aliphatic rings. The van der Waals surface area contributed by atoms with E-state index in [4.69, 9.17) is 22.1 Å². The number of esters is 1. The molecule has 0 unspecified atom stereocenters. The van der Waals surface area contributed by atoms with Gasteiger partial charge in [0.25, 0.3) is 0 Å². The van der Waals surface area contributed by atoms with Gasteiger partial charge in [-0.05, 0) is 49.1 Å². The number of hydrogen-bond donors (Lipinski definition) is 1. The van der Waals surface area contributed by atoms with Crippen molar-refractivity contribution in [1.29, 1.82) is 0 Å². The molecule has 0 atom stereocenters. The Labute approximate surface area is 147 Å². The van der Waals surface area contributed by atoms with Crippen LogP contribution in [0.3, 0.4) is 0 Å². The van der Waals surface area contributed by atoms with Crippen LogP contribution in [0.4, 0.5) is 11.4 Å². The van der Waals surface area contributed by atoms with E-state index >= 15 is 0 Å². The molecule has 1 aliphatic heterocycles. The number of benzene rings is 2. The first-order valence-electron chi connectivity index (χ1n) is 8.13. The first-order chi connectivity index (χ1) is 11.6. The van der Waals surface area contributed by atoms with Gasteiger partial charge in [-0.3, -0.25) is 0 Å². The summed E-state index contributed by atoms with van der Waals surface area (Å²) in [5.74, 6) is -0.463. The number of piperidine rings is 1. The van der Waals surface area contributed by atoms with Gasteiger partial charge in [-0.1, -0.05) is 23.7 Å². The van der Waals surface area contributed by atoms with Crippen LogP contribution >= 0.6 is 11.6 Å². The molecule has 4 nitrogen and oxygen atoms in total. The molecule has 2 aromatic rings. The fourth-order valence-electron chi connectivity index (χ4n) is 3.10. The van der Waals surface area contributed by atoms with Gasteiger partial charge in [-0.25, -0.2) is 4.79 Å². The number of carbonyl (C=O) groups is 1. The highest BCUT2D eigenvalue weighted by Crippen LogP contribution is 2.33. The number of ether oxygens (including phenoxy) is 1. The van der Waals surface area contributed by atoms with Crippen LogP contribution in [0, 0.1) is 0 Å². The first kappa shape index (κ1) is 16.7. The zero-order chi connectivity index (χ0) is 17.1. The third-order valence-electron chi connectivity index (χ3n) is 4.44. The molecule has 2 N–H and O–H groups in total. The Morgan fingerprint density at radius 1 is 1.12 bits per heavy atom. The number of carbonyl (C=O) groups excluding carboxylic acids is 1. The van der Waals surface area contributed by atoms with E-state index in [0.29, 0.717) is 16.3 Å². The molecular weight excluding hydrogens is 324 g/mol. The molecule has 1 heterocycles. The molecule has 2 aromatic carbocycles. The highest BCUT2D eigenvalue weighted by Gasteiger charge is 2.16.